The number of halogens is 3. The van der Waals surface area contributed by atoms with Gasteiger partial charge in [-0.2, -0.15) is 13.2 Å². The number of hydrogen-bond acceptors (Lipinski definition) is 2. The van der Waals surface area contributed by atoms with E-state index in [1.807, 2.05) is 0 Å². The normalized spacial score (nSPS) is 18.1. The third-order valence-electron chi connectivity index (χ3n) is 3.22. The molecule has 0 saturated carbocycles. The summed E-state index contributed by atoms with van der Waals surface area (Å²) >= 11 is 0. The zero-order chi connectivity index (χ0) is 13.3. The van der Waals surface area contributed by atoms with E-state index in [9.17, 15) is 18.0 Å². The molecule has 2 heterocycles. The molecule has 1 amide bonds. The van der Waals surface area contributed by atoms with Gasteiger partial charge in [0.15, 0.2) is 5.69 Å². The molecule has 7 heteroatoms. The van der Waals surface area contributed by atoms with Gasteiger partial charge >= 0.3 is 6.18 Å². The van der Waals surface area contributed by atoms with Gasteiger partial charge in [0, 0.05) is 32.3 Å². The summed E-state index contributed by atoms with van der Waals surface area (Å²) < 4.78 is 38.7. The molecule has 0 unspecified atom stereocenters. The van der Waals surface area contributed by atoms with Crippen molar-refractivity contribution in [2.75, 3.05) is 13.1 Å². The molecule has 1 aromatic heterocycles. The highest BCUT2D eigenvalue weighted by Crippen LogP contribution is 2.30. The maximum Gasteiger partial charge on any atom is 0.434 e. The van der Waals surface area contributed by atoms with Crippen LogP contribution in [0.5, 0.6) is 0 Å². The molecule has 2 rings (SSSR count). The Morgan fingerprint density at radius 1 is 1.39 bits per heavy atom. The van der Waals surface area contributed by atoms with Gasteiger partial charge in [0.2, 0.25) is 5.91 Å². The van der Waals surface area contributed by atoms with Crippen molar-refractivity contribution in [3.05, 3.63) is 18.2 Å². The molecular weight excluding hydrogens is 247 g/mol. The summed E-state index contributed by atoms with van der Waals surface area (Å²) in [5.41, 5.74) is -0.864. The SMILES string of the molecule is CC(=O)N1CCC(n2cnc(C(F)(F)F)c2)CC1. The van der Waals surface area contributed by atoms with Gasteiger partial charge in [0.05, 0.1) is 6.33 Å². The van der Waals surface area contributed by atoms with E-state index in [2.05, 4.69) is 4.98 Å². The van der Waals surface area contributed by atoms with Gasteiger partial charge in [-0.3, -0.25) is 4.79 Å². The summed E-state index contributed by atoms with van der Waals surface area (Å²) in [5.74, 6) is 0.00932. The van der Waals surface area contributed by atoms with Crippen molar-refractivity contribution in [1.82, 2.24) is 14.5 Å². The molecule has 0 aromatic carbocycles. The third kappa shape index (κ3) is 2.65. The maximum absolute atomic E-state index is 12.4. The summed E-state index contributed by atoms with van der Waals surface area (Å²) in [6, 6.07) is -0.0100. The smallest absolute Gasteiger partial charge is 0.343 e. The highest BCUT2D eigenvalue weighted by molar-refractivity contribution is 5.73. The van der Waals surface area contributed by atoms with Gasteiger partial charge in [-0.15, -0.1) is 0 Å². The van der Waals surface area contributed by atoms with Crippen LogP contribution in [0, 0.1) is 0 Å². The number of amides is 1. The van der Waals surface area contributed by atoms with Crippen molar-refractivity contribution in [3.8, 4) is 0 Å². The van der Waals surface area contributed by atoms with Crippen molar-refractivity contribution in [2.45, 2.75) is 32.0 Å². The lowest BCUT2D eigenvalue weighted by atomic mass is 10.1. The molecule has 4 nitrogen and oxygen atoms in total. The molecule has 1 aliphatic heterocycles. The number of likely N-dealkylation sites (tertiary alicyclic amines) is 1. The van der Waals surface area contributed by atoms with E-state index >= 15 is 0 Å². The Morgan fingerprint density at radius 3 is 2.44 bits per heavy atom. The zero-order valence-corrected chi connectivity index (χ0v) is 9.94. The van der Waals surface area contributed by atoms with Crippen LogP contribution in [0.2, 0.25) is 0 Å². The number of rotatable bonds is 1. The topological polar surface area (TPSA) is 38.1 Å². The molecule has 0 aliphatic carbocycles. The number of carbonyl (C=O) groups is 1. The fourth-order valence-electron chi connectivity index (χ4n) is 2.16. The van der Waals surface area contributed by atoms with Crippen molar-refractivity contribution in [2.24, 2.45) is 0 Å². The highest BCUT2D eigenvalue weighted by atomic mass is 19.4. The van der Waals surface area contributed by atoms with Crippen molar-refractivity contribution >= 4 is 5.91 Å². The number of aromatic nitrogens is 2. The first-order valence-corrected chi connectivity index (χ1v) is 5.74. The Bertz CT molecular complexity index is 433. The Hall–Kier alpha value is -1.53. The van der Waals surface area contributed by atoms with Crippen LogP contribution in [-0.4, -0.2) is 33.4 Å². The van der Waals surface area contributed by atoms with Gasteiger partial charge in [-0.25, -0.2) is 4.98 Å². The van der Waals surface area contributed by atoms with Crippen LogP contribution in [0.25, 0.3) is 0 Å². The lowest BCUT2D eigenvalue weighted by Crippen LogP contribution is -2.37. The van der Waals surface area contributed by atoms with Crippen LogP contribution in [0.4, 0.5) is 13.2 Å². The molecule has 1 aromatic rings. The van der Waals surface area contributed by atoms with Gasteiger partial charge in [0.1, 0.15) is 0 Å². The lowest BCUT2D eigenvalue weighted by molar-refractivity contribution is -0.141. The first kappa shape index (κ1) is 12.9. The van der Waals surface area contributed by atoms with Crippen LogP contribution >= 0.6 is 0 Å². The minimum Gasteiger partial charge on any atom is -0.343 e. The van der Waals surface area contributed by atoms with E-state index in [-0.39, 0.29) is 11.9 Å². The van der Waals surface area contributed by atoms with E-state index in [0.717, 1.165) is 6.20 Å². The zero-order valence-electron chi connectivity index (χ0n) is 9.94. The van der Waals surface area contributed by atoms with Gasteiger partial charge in [-0.05, 0) is 12.8 Å². The van der Waals surface area contributed by atoms with Gasteiger partial charge in [-0.1, -0.05) is 0 Å². The van der Waals surface area contributed by atoms with Crippen LogP contribution < -0.4 is 0 Å². The summed E-state index contributed by atoms with van der Waals surface area (Å²) in [6.45, 7) is 2.67. The minimum absolute atomic E-state index is 0.00932. The van der Waals surface area contributed by atoms with E-state index in [0.29, 0.717) is 25.9 Å². The maximum atomic E-state index is 12.4. The summed E-state index contributed by atoms with van der Waals surface area (Å²) in [6.07, 6.45) is -0.823. The molecule has 1 aliphatic rings. The summed E-state index contributed by atoms with van der Waals surface area (Å²) in [5, 5.41) is 0. The Balaban J connectivity index is 2.02. The second kappa shape index (κ2) is 4.62. The average Bonchev–Trinajstić information content (AvgIpc) is 2.78. The molecule has 0 N–H and O–H groups in total. The molecule has 100 valence electrons. The number of piperidine rings is 1. The first-order valence-electron chi connectivity index (χ1n) is 5.74. The Morgan fingerprint density at radius 2 is 2.00 bits per heavy atom. The summed E-state index contributed by atoms with van der Waals surface area (Å²) in [7, 11) is 0. The van der Waals surface area contributed by atoms with E-state index in [1.165, 1.54) is 17.8 Å². The standard InChI is InChI=1S/C11H14F3N3O/c1-8(18)16-4-2-9(3-5-16)17-6-10(15-7-17)11(12,13)14/h6-7,9H,2-5H2,1H3. The number of alkyl halides is 3. The van der Waals surface area contributed by atoms with Crippen LogP contribution in [-0.2, 0) is 11.0 Å². The highest BCUT2D eigenvalue weighted by Gasteiger charge is 2.34. The predicted octanol–water partition coefficient (Wildman–Crippen LogP) is 2.09. The van der Waals surface area contributed by atoms with E-state index in [1.54, 1.807) is 4.90 Å². The van der Waals surface area contributed by atoms with E-state index in [4.69, 9.17) is 0 Å². The second-order valence-corrected chi connectivity index (χ2v) is 4.44. The second-order valence-electron chi connectivity index (χ2n) is 4.44. The molecule has 0 bridgehead atoms. The molecule has 18 heavy (non-hydrogen) atoms. The lowest BCUT2D eigenvalue weighted by Gasteiger charge is -2.31. The van der Waals surface area contributed by atoms with Gasteiger partial charge in [0.25, 0.3) is 0 Å². The quantitative estimate of drug-likeness (QED) is 0.776. The Labute approximate surface area is 102 Å². The predicted molar refractivity (Wildman–Crippen MR) is 57.8 cm³/mol. The van der Waals surface area contributed by atoms with Crippen LogP contribution in [0.3, 0.4) is 0 Å². The van der Waals surface area contributed by atoms with Crippen LogP contribution in [0.1, 0.15) is 31.5 Å². The summed E-state index contributed by atoms with van der Waals surface area (Å²) in [4.78, 5) is 16.2. The molecule has 0 atom stereocenters. The van der Waals surface area contributed by atoms with Crippen LogP contribution in [0.15, 0.2) is 12.5 Å². The Kier molecular flexibility index (Phi) is 3.32. The molecule has 0 radical (unpaired) electrons. The minimum atomic E-state index is -4.40. The first-order chi connectivity index (χ1) is 8.38. The fourth-order valence-corrected chi connectivity index (χ4v) is 2.16. The molecular formula is C11H14F3N3O. The number of imidazole rings is 1. The number of nitrogens with zero attached hydrogens (tertiary/aromatic N) is 3. The monoisotopic (exact) mass is 261 g/mol. The van der Waals surface area contributed by atoms with Gasteiger partial charge < -0.3 is 9.47 Å². The number of carbonyl (C=O) groups excluding carboxylic acids is 1. The van der Waals surface area contributed by atoms with Crippen molar-refractivity contribution < 1.29 is 18.0 Å². The molecule has 1 fully saturated rings. The molecule has 0 spiro atoms. The van der Waals surface area contributed by atoms with Crippen molar-refractivity contribution in [3.63, 3.8) is 0 Å². The third-order valence-corrected chi connectivity index (χ3v) is 3.22. The largest absolute Gasteiger partial charge is 0.434 e. The van der Waals surface area contributed by atoms with E-state index < -0.39 is 11.9 Å². The fraction of sp³-hybridized carbons (Fsp3) is 0.636. The molecule has 1 saturated heterocycles. The van der Waals surface area contributed by atoms with Crippen molar-refractivity contribution in [1.29, 1.82) is 0 Å². The number of hydrogen-bond donors (Lipinski definition) is 0. The average molecular weight is 261 g/mol.